The third kappa shape index (κ3) is 4.01. The molecule has 0 radical (unpaired) electrons. The van der Waals surface area contributed by atoms with Gasteiger partial charge >= 0.3 is 0 Å². The fourth-order valence-electron chi connectivity index (χ4n) is 2.54. The van der Waals surface area contributed by atoms with Crippen molar-refractivity contribution < 1.29 is 0 Å². The Bertz CT molecular complexity index is 350. The van der Waals surface area contributed by atoms with E-state index in [4.69, 9.17) is 5.73 Å². The molecule has 2 N–H and O–H groups in total. The summed E-state index contributed by atoms with van der Waals surface area (Å²) >= 11 is 1.95. The summed E-state index contributed by atoms with van der Waals surface area (Å²) in [5.41, 5.74) is 7.18. The van der Waals surface area contributed by atoms with Crippen molar-refractivity contribution in [1.82, 2.24) is 4.90 Å². The third-order valence-electron chi connectivity index (χ3n) is 3.69. The minimum atomic E-state index is 0.623. The van der Waals surface area contributed by atoms with Gasteiger partial charge in [-0.3, -0.25) is 4.90 Å². The second kappa shape index (κ2) is 7.17. The summed E-state index contributed by atoms with van der Waals surface area (Å²) in [5, 5.41) is 0. The van der Waals surface area contributed by atoms with Crippen LogP contribution in [0.3, 0.4) is 0 Å². The highest BCUT2D eigenvalue weighted by molar-refractivity contribution is 7.99. The molecule has 100 valence electrons. The highest BCUT2D eigenvalue weighted by Crippen LogP contribution is 2.21. The number of hydrogen-bond acceptors (Lipinski definition) is 3. The summed E-state index contributed by atoms with van der Waals surface area (Å²) in [6.07, 6.45) is 3.97. The molecule has 1 aromatic carbocycles. The van der Waals surface area contributed by atoms with Crippen molar-refractivity contribution >= 4 is 11.8 Å². The lowest BCUT2D eigenvalue weighted by molar-refractivity contribution is 0.163. The quantitative estimate of drug-likeness (QED) is 0.829. The van der Waals surface area contributed by atoms with Crippen LogP contribution in [0.1, 0.15) is 24.8 Å². The molecule has 1 atom stereocenters. The van der Waals surface area contributed by atoms with Gasteiger partial charge in [0.1, 0.15) is 0 Å². The number of piperidine rings is 1. The summed E-state index contributed by atoms with van der Waals surface area (Å²) in [6.45, 7) is 5.35. The molecule has 0 spiro atoms. The Hall–Kier alpha value is -0.510. The molecule has 1 aliphatic rings. The number of aryl methyl sites for hydroxylation is 1. The Morgan fingerprint density at radius 2 is 2.06 bits per heavy atom. The van der Waals surface area contributed by atoms with Crippen LogP contribution in [0.15, 0.2) is 29.2 Å². The summed E-state index contributed by atoms with van der Waals surface area (Å²) in [7, 11) is 0. The molecular weight excluding hydrogens is 240 g/mol. The normalized spacial score (nSPS) is 21.1. The van der Waals surface area contributed by atoms with Crippen LogP contribution >= 0.6 is 11.8 Å². The number of nitrogens with zero attached hydrogens (tertiary/aromatic N) is 1. The fourth-order valence-corrected chi connectivity index (χ4v) is 3.43. The predicted molar refractivity (Wildman–Crippen MR) is 80.2 cm³/mol. The first-order valence-electron chi connectivity index (χ1n) is 6.93. The van der Waals surface area contributed by atoms with Crippen LogP contribution < -0.4 is 5.73 Å². The maximum atomic E-state index is 5.84. The van der Waals surface area contributed by atoms with Crippen molar-refractivity contribution in [3.63, 3.8) is 0 Å². The van der Waals surface area contributed by atoms with E-state index < -0.39 is 0 Å². The maximum absolute atomic E-state index is 5.84. The van der Waals surface area contributed by atoms with E-state index in [0.717, 1.165) is 6.54 Å². The van der Waals surface area contributed by atoms with E-state index >= 15 is 0 Å². The van der Waals surface area contributed by atoms with E-state index in [1.165, 1.54) is 48.6 Å². The van der Waals surface area contributed by atoms with Crippen LogP contribution in [-0.2, 0) is 0 Å². The molecule has 2 rings (SSSR count). The zero-order valence-corrected chi connectivity index (χ0v) is 12.1. The molecule has 0 aromatic heterocycles. The molecule has 1 aliphatic heterocycles. The number of nitrogens with two attached hydrogens (primary N) is 1. The van der Waals surface area contributed by atoms with Crippen LogP contribution in [0.25, 0.3) is 0 Å². The molecule has 2 nitrogen and oxygen atoms in total. The zero-order chi connectivity index (χ0) is 12.8. The maximum Gasteiger partial charge on any atom is 0.0218 e. The zero-order valence-electron chi connectivity index (χ0n) is 11.3. The first kappa shape index (κ1) is 13.9. The molecule has 18 heavy (non-hydrogen) atoms. The molecule has 1 unspecified atom stereocenters. The molecule has 0 amide bonds. The van der Waals surface area contributed by atoms with E-state index in [0.29, 0.717) is 6.04 Å². The average molecular weight is 264 g/mol. The minimum absolute atomic E-state index is 0.623. The molecule has 1 heterocycles. The van der Waals surface area contributed by atoms with Gasteiger partial charge in [-0.2, -0.15) is 0 Å². The van der Waals surface area contributed by atoms with E-state index in [1.807, 2.05) is 11.8 Å². The molecule has 0 saturated carbocycles. The van der Waals surface area contributed by atoms with Crippen molar-refractivity contribution in [3.8, 4) is 0 Å². The topological polar surface area (TPSA) is 29.3 Å². The van der Waals surface area contributed by atoms with Crippen LogP contribution in [0, 0.1) is 6.92 Å². The second-order valence-electron chi connectivity index (χ2n) is 5.08. The highest BCUT2D eigenvalue weighted by Gasteiger charge is 2.20. The first-order chi connectivity index (χ1) is 8.79. The lowest BCUT2D eigenvalue weighted by Gasteiger charge is -2.34. The van der Waals surface area contributed by atoms with Crippen LogP contribution in [0.5, 0.6) is 0 Å². The Kier molecular flexibility index (Phi) is 5.54. The minimum Gasteiger partial charge on any atom is -0.329 e. The van der Waals surface area contributed by atoms with Crippen molar-refractivity contribution in [1.29, 1.82) is 0 Å². The van der Waals surface area contributed by atoms with Gasteiger partial charge in [-0.05, 0) is 38.4 Å². The molecule has 1 saturated heterocycles. The summed E-state index contributed by atoms with van der Waals surface area (Å²) < 4.78 is 0. The average Bonchev–Trinajstić information content (AvgIpc) is 2.41. The molecule has 0 aliphatic carbocycles. The largest absolute Gasteiger partial charge is 0.329 e. The number of rotatable bonds is 5. The number of thioether (sulfide) groups is 1. The Labute approximate surface area is 115 Å². The van der Waals surface area contributed by atoms with Gasteiger partial charge in [-0.15, -0.1) is 11.8 Å². The Morgan fingerprint density at radius 1 is 1.28 bits per heavy atom. The third-order valence-corrected chi connectivity index (χ3v) is 4.68. The molecular formula is C15H24N2S. The van der Waals surface area contributed by atoms with Gasteiger partial charge in [0.25, 0.3) is 0 Å². The van der Waals surface area contributed by atoms with Gasteiger partial charge in [-0.1, -0.05) is 24.1 Å². The molecule has 1 fully saturated rings. The molecule has 1 aromatic rings. The van der Waals surface area contributed by atoms with E-state index in [2.05, 4.69) is 36.1 Å². The van der Waals surface area contributed by atoms with Crippen molar-refractivity contribution in [2.45, 2.75) is 37.1 Å². The highest BCUT2D eigenvalue weighted by atomic mass is 32.2. The van der Waals surface area contributed by atoms with Crippen molar-refractivity contribution in [3.05, 3.63) is 29.8 Å². The van der Waals surface area contributed by atoms with Crippen molar-refractivity contribution in [2.24, 2.45) is 5.73 Å². The summed E-state index contributed by atoms with van der Waals surface area (Å²) in [6, 6.07) is 9.43. The fraction of sp³-hybridized carbons (Fsp3) is 0.600. The SMILES string of the molecule is Cc1ccc(SCCN2CCCCC2CN)cc1. The van der Waals surface area contributed by atoms with Crippen LogP contribution in [0.2, 0.25) is 0 Å². The molecule has 3 heteroatoms. The van der Waals surface area contributed by atoms with Crippen molar-refractivity contribution in [2.75, 3.05) is 25.4 Å². The summed E-state index contributed by atoms with van der Waals surface area (Å²) in [5.74, 6) is 1.17. The van der Waals surface area contributed by atoms with Gasteiger partial charge in [-0.25, -0.2) is 0 Å². The Morgan fingerprint density at radius 3 is 2.78 bits per heavy atom. The number of benzene rings is 1. The summed E-state index contributed by atoms with van der Waals surface area (Å²) in [4.78, 5) is 3.95. The van der Waals surface area contributed by atoms with E-state index in [-0.39, 0.29) is 0 Å². The van der Waals surface area contributed by atoms with Crippen LogP contribution in [0.4, 0.5) is 0 Å². The van der Waals surface area contributed by atoms with Gasteiger partial charge < -0.3 is 5.73 Å². The smallest absolute Gasteiger partial charge is 0.0218 e. The standard InChI is InChI=1S/C15H24N2S/c1-13-5-7-15(8-6-13)18-11-10-17-9-3-2-4-14(17)12-16/h5-8,14H,2-4,9-12,16H2,1H3. The van der Waals surface area contributed by atoms with Gasteiger partial charge in [0, 0.05) is 29.8 Å². The van der Waals surface area contributed by atoms with Gasteiger partial charge in [0.15, 0.2) is 0 Å². The van der Waals surface area contributed by atoms with E-state index in [9.17, 15) is 0 Å². The van der Waals surface area contributed by atoms with Gasteiger partial charge in [0.05, 0.1) is 0 Å². The Balaban J connectivity index is 1.75. The number of likely N-dealkylation sites (tertiary alicyclic amines) is 1. The molecule has 0 bridgehead atoms. The van der Waals surface area contributed by atoms with Crippen LogP contribution in [-0.4, -0.2) is 36.3 Å². The second-order valence-corrected chi connectivity index (χ2v) is 6.25. The predicted octanol–water partition coefficient (Wildman–Crippen LogP) is 2.90. The lowest BCUT2D eigenvalue weighted by Crippen LogP contribution is -2.44. The van der Waals surface area contributed by atoms with E-state index in [1.54, 1.807) is 0 Å². The van der Waals surface area contributed by atoms with Gasteiger partial charge in [0.2, 0.25) is 0 Å². The monoisotopic (exact) mass is 264 g/mol. The first-order valence-corrected chi connectivity index (χ1v) is 7.92. The lowest BCUT2D eigenvalue weighted by atomic mass is 10.0. The number of hydrogen-bond donors (Lipinski definition) is 1.